The predicted molar refractivity (Wildman–Crippen MR) is 217 cm³/mol. The van der Waals surface area contributed by atoms with Crippen LogP contribution in [0.2, 0.25) is 0 Å². The summed E-state index contributed by atoms with van der Waals surface area (Å²) in [6.07, 6.45) is 6.81. The molecule has 254 valence electrons. The number of ether oxygens (including phenoxy) is 1. The Hall–Kier alpha value is -6.91. The number of allylic oxidation sites excluding steroid dienone is 2. The van der Waals surface area contributed by atoms with Crippen molar-refractivity contribution < 1.29 is 4.74 Å². The Labute approximate surface area is 313 Å². The minimum atomic E-state index is -0.388. The molecule has 0 amide bonds. The first-order valence-corrected chi connectivity index (χ1v) is 18.5. The smallest absolute Gasteiger partial charge is 0.164 e. The normalized spacial score (nSPS) is 17.2. The van der Waals surface area contributed by atoms with Crippen molar-refractivity contribution in [1.82, 2.24) is 15.0 Å². The summed E-state index contributed by atoms with van der Waals surface area (Å²) in [5.74, 6) is 2.93. The molecule has 0 N–H and O–H groups in total. The van der Waals surface area contributed by atoms with Crippen molar-refractivity contribution in [2.75, 3.05) is 0 Å². The fourth-order valence-corrected chi connectivity index (χ4v) is 8.97. The largest absolute Gasteiger partial charge is 0.485 e. The number of fused-ring (bicyclic) bond motifs is 10. The first-order valence-electron chi connectivity index (χ1n) is 18.5. The van der Waals surface area contributed by atoms with Crippen molar-refractivity contribution in [2.24, 2.45) is 5.92 Å². The minimum absolute atomic E-state index is 0.0401. The molecule has 54 heavy (non-hydrogen) atoms. The zero-order valence-electron chi connectivity index (χ0n) is 29.3. The highest BCUT2D eigenvalue weighted by atomic mass is 16.5. The number of aromatic nitrogens is 3. The van der Waals surface area contributed by atoms with Gasteiger partial charge in [0.1, 0.15) is 11.9 Å². The quantitative estimate of drug-likeness (QED) is 0.184. The molecule has 0 radical (unpaired) electrons. The average Bonchev–Trinajstić information content (AvgIpc) is 3.54. The van der Waals surface area contributed by atoms with E-state index in [1.165, 1.54) is 38.8 Å². The predicted octanol–water partition coefficient (Wildman–Crippen LogP) is 11.4. The Morgan fingerprint density at radius 2 is 0.981 bits per heavy atom. The summed E-state index contributed by atoms with van der Waals surface area (Å²) in [6.45, 7) is 0. The van der Waals surface area contributed by atoms with Crippen molar-refractivity contribution in [3.05, 3.63) is 210 Å². The highest BCUT2D eigenvalue weighted by Gasteiger charge is 2.56. The molecule has 2 aliphatic carbocycles. The average molecular weight is 692 g/mol. The number of nitrogens with zero attached hydrogens (tertiary/aromatic N) is 3. The van der Waals surface area contributed by atoms with Crippen LogP contribution in [0.5, 0.6) is 5.75 Å². The maximum atomic E-state index is 6.78. The standard InChI is InChI=1S/C50H33N3O/c1-2-13-34(14-3-1)47-51-48(53-49(52-47)38-27-24-32-12-4-5-15-36(32)30-38)35-25-22-33(23-26-35)37-28-29-46-44(31-37)50(43-20-10-11-21-45(43)54-46)41-18-8-6-16-39(41)40-17-7-9-19-42(40)50/h1-31,44,46H. The molecular weight excluding hydrogens is 659 g/mol. The van der Waals surface area contributed by atoms with Crippen molar-refractivity contribution in [1.29, 1.82) is 0 Å². The van der Waals surface area contributed by atoms with E-state index >= 15 is 0 Å². The number of hydrogen-bond donors (Lipinski definition) is 0. The molecule has 0 saturated carbocycles. The lowest BCUT2D eigenvalue weighted by Crippen LogP contribution is -2.47. The Morgan fingerprint density at radius 1 is 0.444 bits per heavy atom. The Morgan fingerprint density at radius 3 is 1.70 bits per heavy atom. The third-order valence-corrected chi connectivity index (χ3v) is 11.4. The second-order valence-electron chi connectivity index (χ2n) is 14.3. The molecule has 8 aromatic rings. The van der Waals surface area contributed by atoms with Crippen LogP contribution < -0.4 is 4.74 Å². The fraction of sp³-hybridized carbons (Fsp3) is 0.0600. The van der Waals surface area contributed by atoms with Crippen LogP contribution in [0.15, 0.2) is 188 Å². The molecule has 1 aromatic heterocycles. The fourth-order valence-electron chi connectivity index (χ4n) is 8.97. The monoisotopic (exact) mass is 691 g/mol. The second kappa shape index (κ2) is 12.1. The van der Waals surface area contributed by atoms with Crippen LogP contribution in [-0.4, -0.2) is 21.1 Å². The maximum absolute atomic E-state index is 6.78. The molecule has 11 rings (SSSR count). The van der Waals surface area contributed by atoms with Crippen LogP contribution in [0, 0.1) is 5.92 Å². The number of para-hydroxylation sites is 1. The van der Waals surface area contributed by atoms with E-state index in [0.29, 0.717) is 17.5 Å². The van der Waals surface area contributed by atoms with E-state index < -0.39 is 0 Å². The summed E-state index contributed by atoms with van der Waals surface area (Å²) in [5.41, 5.74) is 11.2. The second-order valence-corrected chi connectivity index (χ2v) is 14.3. The van der Waals surface area contributed by atoms with Gasteiger partial charge in [-0.15, -0.1) is 0 Å². The van der Waals surface area contributed by atoms with E-state index in [9.17, 15) is 0 Å². The van der Waals surface area contributed by atoms with Gasteiger partial charge in [-0.25, -0.2) is 15.0 Å². The first kappa shape index (κ1) is 30.7. The summed E-state index contributed by atoms with van der Waals surface area (Å²) in [6, 6.07) is 60.0. The molecule has 4 heteroatoms. The van der Waals surface area contributed by atoms with Gasteiger partial charge in [-0.3, -0.25) is 0 Å². The summed E-state index contributed by atoms with van der Waals surface area (Å²) in [7, 11) is 0. The summed E-state index contributed by atoms with van der Waals surface area (Å²) >= 11 is 0. The van der Waals surface area contributed by atoms with Crippen LogP contribution in [0.3, 0.4) is 0 Å². The van der Waals surface area contributed by atoms with Gasteiger partial charge in [0.2, 0.25) is 0 Å². The van der Waals surface area contributed by atoms with Crippen LogP contribution in [0.1, 0.15) is 22.3 Å². The van der Waals surface area contributed by atoms with Gasteiger partial charge in [-0.1, -0.05) is 170 Å². The molecule has 1 aliphatic heterocycles. The molecule has 0 saturated heterocycles. The molecular formula is C50H33N3O. The van der Waals surface area contributed by atoms with E-state index in [1.807, 2.05) is 30.3 Å². The topological polar surface area (TPSA) is 47.9 Å². The lowest BCUT2D eigenvalue weighted by Gasteiger charge is -2.47. The maximum Gasteiger partial charge on any atom is 0.164 e. The molecule has 1 spiro atoms. The number of benzene rings is 7. The molecule has 0 fully saturated rings. The molecule has 2 atom stereocenters. The summed E-state index contributed by atoms with van der Waals surface area (Å²) in [5, 5.41) is 2.33. The van der Waals surface area contributed by atoms with Gasteiger partial charge in [0, 0.05) is 28.2 Å². The van der Waals surface area contributed by atoms with Crippen LogP contribution >= 0.6 is 0 Å². The zero-order chi connectivity index (χ0) is 35.6. The molecule has 2 unspecified atom stereocenters. The van der Waals surface area contributed by atoms with E-state index in [0.717, 1.165) is 33.4 Å². The number of hydrogen-bond acceptors (Lipinski definition) is 4. The number of rotatable bonds is 4. The van der Waals surface area contributed by atoms with Gasteiger partial charge in [-0.05, 0) is 62.4 Å². The van der Waals surface area contributed by atoms with E-state index in [2.05, 4.69) is 158 Å². The SMILES string of the molecule is C1=CC2Oc3ccccc3C3(c4ccccc4-c4ccccc43)C2C=C1c1ccc(-c2nc(-c3ccccc3)nc(-c3ccc4ccccc4c3)n2)cc1. The van der Waals surface area contributed by atoms with Gasteiger partial charge in [0.05, 0.1) is 5.41 Å². The van der Waals surface area contributed by atoms with Gasteiger partial charge < -0.3 is 4.74 Å². The Balaban J connectivity index is 1.01. The first-order chi connectivity index (χ1) is 26.7. The minimum Gasteiger partial charge on any atom is -0.485 e. The van der Waals surface area contributed by atoms with E-state index in [-0.39, 0.29) is 17.4 Å². The molecule has 7 aromatic carbocycles. The highest BCUT2D eigenvalue weighted by molar-refractivity contribution is 5.88. The lowest BCUT2D eigenvalue weighted by molar-refractivity contribution is 0.142. The van der Waals surface area contributed by atoms with Crippen molar-refractivity contribution in [3.63, 3.8) is 0 Å². The molecule has 2 heterocycles. The van der Waals surface area contributed by atoms with Gasteiger partial charge in [0.15, 0.2) is 17.5 Å². The van der Waals surface area contributed by atoms with Crippen molar-refractivity contribution in [2.45, 2.75) is 11.5 Å². The highest BCUT2D eigenvalue weighted by Crippen LogP contribution is 2.62. The van der Waals surface area contributed by atoms with Gasteiger partial charge >= 0.3 is 0 Å². The third-order valence-electron chi connectivity index (χ3n) is 11.4. The van der Waals surface area contributed by atoms with Crippen molar-refractivity contribution >= 4 is 16.3 Å². The van der Waals surface area contributed by atoms with Crippen molar-refractivity contribution in [3.8, 4) is 51.0 Å². The molecule has 4 nitrogen and oxygen atoms in total. The Bertz CT molecular complexity index is 2770. The molecule has 0 bridgehead atoms. The Kier molecular flexibility index (Phi) is 6.86. The van der Waals surface area contributed by atoms with Crippen LogP contribution in [0.4, 0.5) is 0 Å². The summed E-state index contributed by atoms with van der Waals surface area (Å²) < 4.78 is 6.78. The van der Waals surface area contributed by atoms with E-state index in [4.69, 9.17) is 19.7 Å². The van der Waals surface area contributed by atoms with Crippen LogP contribution in [0.25, 0.3) is 61.6 Å². The third kappa shape index (κ3) is 4.66. The summed E-state index contributed by atoms with van der Waals surface area (Å²) in [4.78, 5) is 15.0. The zero-order valence-corrected chi connectivity index (χ0v) is 29.3. The lowest BCUT2D eigenvalue weighted by atomic mass is 9.59. The molecule has 3 aliphatic rings. The van der Waals surface area contributed by atoms with Gasteiger partial charge in [0.25, 0.3) is 0 Å². The van der Waals surface area contributed by atoms with Gasteiger partial charge in [-0.2, -0.15) is 0 Å². The van der Waals surface area contributed by atoms with Crippen LogP contribution in [-0.2, 0) is 5.41 Å². The van der Waals surface area contributed by atoms with E-state index in [1.54, 1.807) is 0 Å².